The zero-order valence-corrected chi connectivity index (χ0v) is 18.1. The maximum Gasteiger partial charge on any atom is 0.351 e. The van der Waals surface area contributed by atoms with E-state index in [9.17, 15) is 14.9 Å². The lowest BCUT2D eigenvalue weighted by atomic mass is 10.2. The van der Waals surface area contributed by atoms with E-state index >= 15 is 0 Å². The van der Waals surface area contributed by atoms with Gasteiger partial charge in [-0.15, -0.1) is 0 Å². The van der Waals surface area contributed by atoms with Crippen molar-refractivity contribution in [3.05, 3.63) is 41.5 Å². The average molecular weight is 431 g/mol. The van der Waals surface area contributed by atoms with Gasteiger partial charge in [-0.25, -0.2) is 9.59 Å². The zero-order chi connectivity index (χ0) is 21.9. The third kappa shape index (κ3) is 6.04. The normalized spacial score (nSPS) is 13.8. The van der Waals surface area contributed by atoms with Crippen molar-refractivity contribution < 1.29 is 23.8 Å². The number of ether oxygens (including phenoxy) is 3. The molecular formula is C22H26N2O5S. The summed E-state index contributed by atoms with van der Waals surface area (Å²) in [5.41, 5.74) is 0.943. The highest BCUT2D eigenvalue weighted by atomic mass is 32.2. The van der Waals surface area contributed by atoms with E-state index in [1.165, 1.54) is 11.8 Å². The average Bonchev–Trinajstić information content (AvgIpc) is 3.11. The summed E-state index contributed by atoms with van der Waals surface area (Å²) in [5.74, 6) is -0.411. The first-order valence-electron chi connectivity index (χ1n) is 9.79. The molecular weight excluding hydrogens is 404 g/mol. The van der Waals surface area contributed by atoms with Crippen molar-refractivity contribution in [3.8, 4) is 11.8 Å². The highest BCUT2D eigenvalue weighted by molar-refractivity contribution is 8.03. The summed E-state index contributed by atoms with van der Waals surface area (Å²) >= 11 is 1.37. The number of thioether (sulfide) groups is 1. The van der Waals surface area contributed by atoms with Crippen molar-refractivity contribution >= 4 is 29.4 Å². The van der Waals surface area contributed by atoms with Gasteiger partial charge in [-0.05, 0) is 37.5 Å². The molecule has 160 valence electrons. The highest BCUT2D eigenvalue weighted by Gasteiger charge is 2.31. The van der Waals surface area contributed by atoms with Crippen LogP contribution in [0.2, 0.25) is 0 Å². The van der Waals surface area contributed by atoms with Crippen LogP contribution in [0, 0.1) is 11.3 Å². The third-order valence-electron chi connectivity index (χ3n) is 4.36. The highest BCUT2D eigenvalue weighted by Crippen LogP contribution is 2.48. The van der Waals surface area contributed by atoms with Crippen LogP contribution in [0.1, 0.15) is 32.6 Å². The minimum Gasteiger partial charge on any atom is -0.497 e. The Balaban J connectivity index is 2.07. The standard InChI is InChI=1S/C22H26N2O5S/c1-4-6-11-24-18-10-9-16(27-3)14-19(18)30-21(24)17(15-23)22(26)29-13-8-7-12-28-20(25)5-2/h5,9-10,14H,2,4,6-8,11-13H2,1,3H3. The number of rotatable bonds is 11. The molecule has 8 heteroatoms. The molecule has 0 amide bonds. The Morgan fingerprint density at radius 1 is 1.23 bits per heavy atom. The fraction of sp³-hybridized carbons (Fsp3) is 0.409. The predicted molar refractivity (Wildman–Crippen MR) is 115 cm³/mol. The Hall–Kier alpha value is -2.92. The quantitative estimate of drug-likeness (QED) is 0.223. The van der Waals surface area contributed by atoms with Crippen molar-refractivity contribution in [1.82, 2.24) is 0 Å². The molecule has 0 aromatic heterocycles. The van der Waals surface area contributed by atoms with Crippen LogP contribution in [0.5, 0.6) is 5.75 Å². The molecule has 30 heavy (non-hydrogen) atoms. The van der Waals surface area contributed by atoms with Gasteiger partial charge >= 0.3 is 11.9 Å². The number of hydrogen-bond donors (Lipinski definition) is 0. The van der Waals surface area contributed by atoms with Gasteiger partial charge < -0.3 is 19.1 Å². The van der Waals surface area contributed by atoms with Gasteiger partial charge in [0.05, 0.1) is 26.0 Å². The van der Waals surface area contributed by atoms with Gasteiger partial charge in [0.15, 0.2) is 5.57 Å². The lowest BCUT2D eigenvalue weighted by molar-refractivity contribution is -0.140. The first-order valence-corrected chi connectivity index (χ1v) is 10.6. The smallest absolute Gasteiger partial charge is 0.351 e. The summed E-state index contributed by atoms with van der Waals surface area (Å²) in [6.45, 7) is 6.48. The summed E-state index contributed by atoms with van der Waals surface area (Å²) in [4.78, 5) is 26.5. The summed E-state index contributed by atoms with van der Waals surface area (Å²) in [7, 11) is 1.60. The number of hydrogen-bond acceptors (Lipinski definition) is 8. The molecule has 1 aromatic carbocycles. The lowest BCUT2D eigenvalue weighted by Gasteiger charge is -2.21. The Morgan fingerprint density at radius 2 is 1.97 bits per heavy atom. The molecule has 1 aliphatic rings. The number of carbonyl (C=O) groups is 2. The second-order valence-electron chi connectivity index (χ2n) is 6.45. The van der Waals surface area contributed by atoms with Crippen LogP contribution in [-0.2, 0) is 19.1 Å². The largest absolute Gasteiger partial charge is 0.497 e. The molecule has 1 aliphatic heterocycles. The number of unbranched alkanes of at least 4 members (excludes halogenated alkanes) is 2. The van der Waals surface area contributed by atoms with E-state index in [0.29, 0.717) is 24.4 Å². The van der Waals surface area contributed by atoms with Crippen LogP contribution in [-0.4, -0.2) is 38.8 Å². The fourth-order valence-corrected chi connectivity index (χ4v) is 3.97. The van der Waals surface area contributed by atoms with Gasteiger partial charge in [-0.3, -0.25) is 0 Å². The minimum atomic E-state index is -0.649. The molecule has 1 heterocycles. The molecule has 0 saturated heterocycles. The topological polar surface area (TPSA) is 88.9 Å². The zero-order valence-electron chi connectivity index (χ0n) is 17.3. The first kappa shape index (κ1) is 23.4. The summed E-state index contributed by atoms with van der Waals surface area (Å²) in [5, 5.41) is 10.3. The molecule has 0 saturated carbocycles. The predicted octanol–water partition coefficient (Wildman–Crippen LogP) is 4.20. The fourth-order valence-electron chi connectivity index (χ4n) is 2.77. The number of anilines is 1. The Bertz CT molecular complexity index is 860. The van der Waals surface area contributed by atoms with Crippen LogP contribution in [0.15, 0.2) is 46.4 Å². The van der Waals surface area contributed by atoms with E-state index in [0.717, 1.165) is 35.3 Å². The number of carbonyl (C=O) groups excluding carboxylic acids is 2. The monoisotopic (exact) mass is 430 g/mol. The SMILES string of the molecule is C=CC(=O)OCCCCOC(=O)C(C#N)=C1Sc2cc(OC)ccc2N1CCCC. The Labute approximate surface area is 181 Å². The van der Waals surface area contributed by atoms with Crippen molar-refractivity contribution in [2.75, 3.05) is 31.8 Å². The second-order valence-corrected chi connectivity index (χ2v) is 7.48. The second kappa shape index (κ2) is 11.9. The number of benzene rings is 1. The van der Waals surface area contributed by atoms with Crippen LogP contribution in [0.4, 0.5) is 5.69 Å². The summed E-state index contributed by atoms with van der Waals surface area (Å²) < 4.78 is 15.5. The van der Waals surface area contributed by atoms with Gasteiger partial charge in [0.25, 0.3) is 0 Å². The molecule has 0 fully saturated rings. The van der Waals surface area contributed by atoms with Crippen LogP contribution >= 0.6 is 11.8 Å². The molecule has 0 atom stereocenters. The molecule has 7 nitrogen and oxygen atoms in total. The van der Waals surface area contributed by atoms with Crippen LogP contribution < -0.4 is 9.64 Å². The summed E-state index contributed by atoms with van der Waals surface area (Å²) in [6.07, 6.45) is 4.08. The van der Waals surface area contributed by atoms with Crippen molar-refractivity contribution in [3.63, 3.8) is 0 Å². The van der Waals surface area contributed by atoms with Crippen molar-refractivity contribution in [2.45, 2.75) is 37.5 Å². The van der Waals surface area contributed by atoms with Crippen LogP contribution in [0.3, 0.4) is 0 Å². The van der Waals surface area contributed by atoms with Gasteiger partial charge in [-0.1, -0.05) is 31.7 Å². The number of methoxy groups -OCH3 is 1. The molecule has 0 unspecified atom stereocenters. The van der Waals surface area contributed by atoms with Crippen molar-refractivity contribution in [1.29, 1.82) is 5.26 Å². The summed E-state index contributed by atoms with van der Waals surface area (Å²) in [6, 6.07) is 7.72. The molecule has 0 bridgehead atoms. The lowest BCUT2D eigenvalue weighted by Crippen LogP contribution is -2.22. The Morgan fingerprint density at radius 3 is 2.60 bits per heavy atom. The van der Waals surface area contributed by atoms with E-state index in [1.807, 2.05) is 29.2 Å². The maximum absolute atomic E-state index is 12.6. The van der Waals surface area contributed by atoms with E-state index in [2.05, 4.69) is 13.5 Å². The number of nitriles is 1. The first-order chi connectivity index (χ1) is 14.5. The van der Waals surface area contributed by atoms with Crippen LogP contribution in [0.25, 0.3) is 0 Å². The third-order valence-corrected chi connectivity index (χ3v) is 5.52. The molecule has 0 spiro atoms. The molecule has 0 aliphatic carbocycles. The Kier molecular flexibility index (Phi) is 9.29. The van der Waals surface area contributed by atoms with Gasteiger partial charge in [0.1, 0.15) is 16.8 Å². The number of nitrogens with zero attached hydrogens (tertiary/aromatic N) is 2. The van der Waals surface area contributed by atoms with Gasteiger partial charge in [0, 0.05) is 17.5 Å². The van der Waals surface area contributed by atoms with E-state index in [4.69, 9.17) is 14.2 Å². The van der Waals surface area contributed by atoms with Gasteiger partial charge in [-0.2, -0.15) is 5.26 Å². The van der Waals surface area contributed by atoms with E-state index in [-0.39, 0.29) is 18.8 Å². The van der Waals surface area contributed by atoms with E-state index < -0.39 is 11.9 Å². The maximum atomic E-state index is 12.6. The minimum absolute atomic E-state index is 0.00986. The molecule has 2 rings (SSSR count). The molecule has 0 radical (unpaired) electrons. The van der Waals surface area contributed by atoms with Gasteiger partial charge in [0.2, 0.25) is 0 Å². The molecule has 0 N–H and O–H groups in total. The number of esters is 2. The van der Waals surface area contributed by atoms with E-state index in [1.54, 1.807) is 7.11 Å². The number of fused-ring (bicyclic) bond motifs is 1. The van der Waals surface area contributed by atoms with Crippen molar-refractivity contribution in [2.24, 2.45) is 0 Å². The molecule has 1 aromatic rings.